The summed E-state index contributed by atoms with van der Waals surface area (Å²) in [5, 5.41) is 0. The van der Waals surface area contributed by atoms with E-state index in [9.17, 15) is 0 Å². The Kier molecular flexibility index (Phi) is 3.83. The highest BCUT2D eigenvalue weighted by Crippen LogP contribution is 2.34. The first-order valence-corrected chi connectivity index (χ1v) is 8.24. The summed E-state index contributed by atoms with van der Waals surface area (Å²) >= 11 is 0. The molecule has 0 unspecified atom stereocenters. The Hall–Kier alpha value is -2.94. The molecule has 1 aliphatic carbocycles. The molecule has 4 rings (SSSR count). The van der Waals surface area contributed by atoms with Gasteiger partial charge in [-0.3, -0.25) is 4.98 Å². The topological polar surface area (TPSA) is 30.7 Å². The van der Waals surface area contributed by atoms with Crippen LogP contribution in [0.4, 0.5) is 0 Å². The number of rotatable bonds is 3. The third-order valence-corrected chi connectivity index (χ3v) is 4.35. The summed E-state index contributed by atoms with van der Waals surface area (Å²) in [6.07, 6.45) is 12.6. The van der Waals surface area contributed by atoms with E-state index >= 15 is 0 Å². The fourth-order valence-electron chi connectivity index (χ4n) is 3.17. The van der Waals surface area contributed by atoms with Crippen LogP contribution in [0.5, 0.6) is 0 Å². The minimum Gasteiger partial charge on any atom is -0.327 e. The zero-order valence-corrected chi connectivity index (χ0v) is 13.7. The fourth-order valence-corrected chi connectivity index (χ4v) is 3.17. The number of imidazole rings is 1. The molecule has 0 saturated carbocycles. The minimum absolute atomic E-state index is 0.964. The van der Waals surface area contributed by atoms with Gasteiger partial charge in [0, 0.05) is 30.6 Å². The average molecular weight is 313 g/mol. The number of nitrogens with zero attached hydrogens (tertiary/aromatic N) is 3. The van der Waals surface area contributed by atoms with Gasteiger partial charge < -0.3 is 4.57 Å². The van der Waals surface area contributed by atoms with Crippen molar-refractivity contribution in [2.75, 3.05) is 0 Å². The molecule has 0 spiro atoms. The third-order valence-electron chi connectivity index (χ3n) is 4.35. The molecule has 0 fully saturated rings. The van der Waals surface area contributed by atoms with Gasteiger partial charge >= 0.3 is 0 Å². The average Bonchev–Trinajstić information content (AvgIpc) is 3.01. The second-order valence-corrected chi connectivity index (χ2v) is 5.93. The van der Waals surface area contributed by atoms with Crippen LogP contribution >= 0.6 is 0 Å². The molecule has 0 aliphatic heterocycles. The van der Waals surface area contributed by atoms with E-state index in [1.165, 1.54) is 11.3 Å². The lowest BCUT2D eigenvalue weighted by atomic mass is 10.00. The van der Waals surface area contributed by atoms with E-state index in [2.05, 4.69) is 59.1 Å². The van der Waals surface area contributed by atoms with Crippen molar-refractivity contribution in [3.05, 3.63) is 78.8 Å². The molecule has 3 heteroatoms. The largest absolute Gasteiger partial charge is 0.327 e. The third kappa shape index (κ3) is 2.58. The number of pyridine rings is 1. The zero-order valence-electron chi connectivity index (χ0n) is 13.7. The van der Waals surface area contributed by atoms with Gasteiger partial charge in [0.15, 0.2) is 0 Å². The van der Waals surface area contributed by atoms with Crippen LogP contribution < -0.4 is 0 Å². The number of hydrogen-bond acceptors (Lipinski definition) is 2. The Morgan fingerprint density at radius 3 is 2.42 bits per heavy atom. The van der Waals surface area contributed by atoms with Crippen LogP contribution in [-0.4, -0.2) is 14.5 Å². The van der Waals surface area contributed by atoms with Gasteiger partial charge in [-0.15, -0.1) is 0 Å². The Labute approximate surface area is 142 Å². The van der Waals surface area contributed by atoms with Gasteiger partial charge in [-0.2, -0.15) is 0 Å². The minimum atomic E-state index is 0.964. The van der Waals surface area contributed by atoms with Crippen LogP contribution in [-0.2, 0) is 7.05 Å². The monoisotopic (exact) mass is 313 g/mol. The molecule has 2 aromatic heterocycles. The van der Waals surface area contributed by atoms with Gasteiger partial charge in [0.1, 0.15) is 5.82 Å². The number of allylic oxidation sites excluding steroid dienone is 4. The molecule has 3 aromatic rings. The number of hydrogen-bond donors (Lipinski definition) is 0. The summed E-state index contributed by atoms with van der Waals surface area (Å²) in [4.78, 5) is 9.10. The van der Waals surface area contributed by atoms with Crippen LogP contribution in [0.15, 0.2) is 73.1 Å². The predicted molar refractivity (Wildman–Crippen MR) is 98.2 cm³/mol. The Morgan fingerprint density at radius 2 is 1.71 bits per heavy atom. The highest BCUT2D eigenvalue weighted by molar-refractivity contribution is 5.84. The summed E-state index contributed by atoms with van der Waals surface area (Å²) in [6, 6.07) is 14.4. The van der Waals surface area contributed by atoms with E-state index in [4.69, 9.17) is 4.98 Å². The van der Waals surface area contributed by atoms with Crippen LogP contribution in [0.1, 0.15) is 18.5 Å². The first-order chi connectivity index (χ1) is 11.8. The summed E-state index contributed by atoms with van der Waals surface area (Å²) in [6.45, 7) is 0. The molecular formula is C21H19N3. The van der Waals surface area contributed by atoms with Crippen molar-refractivity contribution >= 4 is 5.57 Å². The van der Waals surface area contributed by atoms with E-state index in [0.717, 1.165) is 35.5 Å². The predicted octanol–water partition coefficient (Wildman–Crippen LogP) is 4.88. The summed E-state index contributed by atoms with van der Waals surface area (Å²) in [5.74, 6) is 0.964. The SMILES string of the molecule is Cn1c(-c2ccncc2)nc(-c2ccccc2)c1C1=CCCC=C1. The van der Waals surface area contributed by atoms with Crippen LogP contribution in [0.3, 0.4) is 0 Å². The summed E-state index contributed by atoms with van der Waals surface area (Å²) in [7, 11) is 2.09. The second-order valence-electron chi connectivity index (χ2n) is 5.93. The Balaban J connectivity index is 1.95. The zero-order chi connectivity index (χ0) is 16.4. The Bertz CT molecular complexity index is 903. The quantitative estimate of drug-likeness (QED) is 0.690. The van der Waals surface area contributed by atoms with Gasteiger partial charge in [0.25, 0.3) is 0 Å². The lowest BCUT2D eigenvalue weighted by Gasteiger charge is -2.11. The van der Waals surface area contributed by atoms with Crippen molar-refractivity contribution in [3.63, 3.8) is 0 Å². The van der Waals surface area contributed by atoms with Gasteiger partial charge in [-0.1, -0.05) is 48.6 Å². The molecule has 0 radical (unpaired) electrons. The highest BCUT2D eigenvalue weighted by Gasteiger charge is 2.19. The molecule has 0 atom stereocenters. The van der Waals surface area contributed by atoms with Crippen molar-refractivity contribution < 1.29 is 0 Å². The van der Waals surface area contributed by atoms with E-state index in [-0.39, 0.29) is 0 Å². The normalized spacial score (nSPS) is 13.8. The molecule has 1 aromatic carbocycles. The first kappa shape index (κ1) is 14.6. The molecule has 2 heterocycles. The maximum absolute atomic E-state index is 4.99. The number of benzene rings is 1. The van der Waals surface area contributed by atoms with E-state index < -0.39 is 0 Å². The van der Waals surface area contributed by atoms with Gasteiger partial charge in [0.05, 0.1) is 11.4 Å². The smallest absolute Gasteiger partial charge is 0.141 e. The maximum Gasteiger partial charge on any atom is 0.141 e. The highest BCUT2D eigenvalue weighted by atomic mass is 15.1. The second kappa shape index (κ2) is 6.28. The number of aromatic nitrogens is 3. The maximum atomic E-state index is 4.99. The first-order valence-electron chi connectivity index (χ1n) is 8.24. The molecule has 0 saturated heterocycles. The summed E-state index contributed by atoms with van der Waals surface area (Å²) in [5.41, 5.74) is 5.67. The molecule has 1 aliphatic rings. The van der Waals surface area contributed by atoms with Crippen molar-refractivity contribution in [2.24, 2.45) is 7.05 Å². The molecule has 3 nitrogen and oxygen atoms in total. The van der Waals surface area contributed by atoms with Crippen LogP contribution in [0, 0.1) is 0 Å². The molecule has 24 heavy (non-hydrogen) atoms. The van der Waals surface area contributed by atoms with Crippen LogP contribution in [0.2, 0.25) is 0 Å². The van der Waals surface area contributed by atoms with Gasteiger partial charge in [-0.25, -0.2) is 4.98 Å². The van der Waals surface area contributed by atoms with Crippen LogP contribution in [0.25, 0.3) is 28.2 Å². The fraction of sp³-hybridized carbons (Fsp3) is 0.143. The van der Waals surface area contributed by atoms with Crippen molar-refractivity contribution in [2.45, 2.75) is 12.8 Å². The molecule has 0 amide bonds. The van der Waals surface area contributed by atoms with Gasteiger partial charge in [-0.05, 0) is 30.5 Å². The van der Waals surface area contributed by atoms with E-state index in [1.807, 2.05) is 30.6 Å². The lowest BCUT2D eigenvalue weighted by Crippen LogP contribution is -1.99. The van der Waals surface area contributed by atoms with Crippen molar-refractivity contribution in [1.29, 1.82) is 0 Å². The molecule has 0 N–H and O–H groups in total. The summed E-state index contributed by atoms with van der Waals surface area (Å²) < 4.78 is 2.19. The lowest BCUT2D eigenvalue weighted by molar-refractivity contribution is 0.905. The van der Waals surface area contributed by atoms with E-state index in [1.54, 1.807) is 0 Å². The van der Waals surface area contributed by atoms with E-state index in [0.29, 0.717) is 0 Å². The Morgan fingerprint density at radius 1 is 0.917 bits per heavy atom. The van der Waals surface area contributed by atoms with Crippen molar-refractivity contribution in [3.8, 4) is 22.6 Å². The standard InChI is InChI=1S/C21H19N3/c1-24-20(17-10-6-3-7-11-17)19(16-8-4-2-5-9-16)23-21(24)18-12-14-22-15-13-18/h2,4-6,8-15H,3,7H2,1H3. The van der Waals surface area contributed by atoms with Gasteiger partial charge in [0.2, 0.25) is 0 Å². The molecular weight excluding hydrogens is 294 g/mol. The molecule has 0 bridgehead atoms. The van der Waals surface area contributed by atoms with Crippen molar-refractivity contribution in [1.82, 2.24) is 14.5 Å². The molecule has 118 valence electrons.